The molecule has 1 aromatic carbocycles. The van der Waals surface area contributed by atoms with Crippen LogP contribution in [0.5, 0.6) is 5.75 Å². The first-order valence-electron chi connectivity index (χ1n) is 6.31. The molecule has 19 heavy (non-hydrogen) atoms. The van der Waals surface area contributed by atoms with Crippen LogP contribution in [0.15, 0.2) is 34.7 Å². The summed E-state index contributed by atoms with van der Waals surface area (Å²) in [4.78, 5) is 1.28. The number of phenolic OH excluding ortho intramolecular Hbond substituents is 1. The minimum atomic E-state index is 0.232. The highest BCUT2D eigenvalue weighted by Gasteiger charge is 2.24. The van der Waals surface area contributed by atoms with Crippen molar-refractivity contribution in [1.82, 2.24) is 5.43 Å². The van der Waals surface area contributed by atoms with Gasteiger partial charge in [0.25, 0.3) is 0 Å². The van der Waals surface area contributed by atoms with Gasteiger partial charge in [-0.05, 0) is 42.5 Å². The molecule has 3 rings (SSSR count). The minimum Gasteiger partial charge on any atom is -0.507 e. The van der Waals surface area contributed by atoms with Gasteiger partial charge in [0.2, 0.25) is 0 Å². The second-order valence-corrected chi connectivity index (χ2v) is 5.92. The quantitative estimate of drug-likeness (QED) is 0.878. The van der Waals surface area contributed by atoms with Crippen LogP contribution in [0.25, 0.3) is 0 Å². The molecular formula is C15H16N2OS. The van der Waals surface area contributed by atoms with Gasteiger partial charge in [0.05, 0.1) is 11.8 Å². The molecule has 2 heterocycles. The Morgan fingerprint density at radius 3 is 2.95 bits per heavy atom. The van der Waals surface area contributed by atoms with Gasteiger partial charge in [-0.3, -0.25) is 0 Å². The van der Waals surface area contributed by atoms with Crippen molar-refractivity contribution in [2.24, 2.45) is 5.10 Å². The number of hydrazone groups is 1. The number of nitrogens with one attached hydrogen (secondary N) is 1. The third-order valence-electron chi connectivity index (χ3n) is 3.40. The molecule has 0 spiro atoms. The molecule has 2 aromatic rings. The van der Waals surface area contributed by atoms with Crippen LogP contribution in [0.1, 0.15) is 34.0 Å². The van der Waals surface area contributed by atoms with Gasteiger partial charge in [0.15, 0.2) is 0 Å². The number of hydrogen-bond donors (Lipinski definition) is 2. The fourth-order valence-corrected chi connectivity index (χ4v) is 3.22. The summed E-state index contributed by atoms with van der Waals surface area (Å²) in [7, 11) is 0. The maximum atomic E-state index is 10.2. The molecule has 98 valence electrons. The Morgan fingerprint density at radius 1 is 1.37 bits per heavy atom. The highest BCUT2D eigenvalue weighted by Crippen LogP contribution is 2.32. The lowest BCUT2D eigenvalue weighted by Gasteiger charge is -2.09. The second kappa shape index (κ2) is 4.70. The largest absolute Gasteiger partial charge is 0.507 e. The van der Waals surface area contributed by atoms with Crippen molar-refractivity contribution in [3.63, 3.8) is 0 Å². The molecule has 0 amide bonds. The van der Waals surface area contributed by atoms with Gasteiger partial charge >= 0.3 is 0 Å². The summed E-state index contributed by atoms with van der Waals surface area (Å²) in [6.45, 7) is 3.96. The zero-order valence-electron chi connectivity index (χ0n) is 11.0. The zero-order chi connectivity index (χ0) is 13.4. The van der Waals surface area contributed by atoms with Crippen LogP contribution in [0.4, 0.5) is 0 Å². The van der Waals surface area contributed by atoms with E-state index in [2.05, 4.69) is 22.0 Å². The molecule has 0 radical (unpaired) electrons. The monoisotopic (exact) mass is 272 g/mol. The van der Waals surface area contributed by atoms with E-state index in [4.69, 9.17) is 0 Å². The van der Waals surface area contributed by atoms with Crippen molar-refractivity contribution < 1.29 is 5.11 Å². The van der Waals surface area contributed by atoms with Crippen molar-refractivity contribution >= 4 is 17.0 Å². The minimum absolute atomic E-state index is 0.232. The van der Waals surface area contributed by atoms with Gasteiger partial charge in [-0.2, -0.15) is 5.10 Å². The molecule has 3 nitrogen and oxygen atoms in total. The molecule has 0 saturated carbocycles. The Balaban J connectivity index is 1.89. The first-order valence-corrected chi connectivity index (χ1v) is 7.19. The Kier molecular flexibility index (Phi) is 3.03. The van der Waals surface area contributed by atoms with Crippen molar-refractivity contribution in [3.05, 3.63) is 51.2 Å². The predicted octanol–water partition coefficient (Wildman–Crippen LogP) is 3.51. The van der Waals surface area contributed by atoms with Crippen molar-refractivity contribution in [2.45, 2.75) is 26.3 Å². The highest BCUT2D eigenvalue weighted by molar-refractivity contribution is 7.10. The normalized spacial score (nSPS) is 18.2. The third-order valence-corrected chi connectivity index (χ3v) is 4.38. The molecule has 2 N–H and O–H groups in total. The predicted molar refractivity (Wildman–Crippen MR) is 78.9 cm³/mol. The summed E-state index contributed by atoms with van der Waals surface area (Å²) in [6, 6.07) is 8.38. The summed E-state index contributed by atoms with van der Waals surface area (Å²) < 4.78 is 0. The van der Waals surface area contributed by atoms with Crippen molar-refractivity contribution in [3.8, 4) is 5.75 Å². The number of aryl methyl sites for hydroxylation is 2. The van der Waals surface area contributed by atoms with Crippen LogP contribution in [0.3, 0.4) is 0 Å². The standard InChI is InChI=1S/C15H16N2OS/c1-9-6-10(2)15(18)11(7-9)12-8-13(17-16-12)14-4-3-5-19-14/h3-7,13,17-18H,8H2,1-2H3/t13-/m1/s1. The van der Waals surface area contributed by atoms with Gasteiger partial charge in [-0.1, -0.05) is 12.1 Å². The Labute approximate surface area is 116 Å². The van der Waals surface area contributed by atoms with E-state index >= 15 is 0 Å². The van der Waals surface area contributed by atoms with Gasteiger partial charge in [0.1, 0.15) is 5.75 Å². The summed E-state index contributed by atoms with van der Waals surface area (Å²) in [5.41, 5.74) is 6.99. The van der Waals surface area contributed by atoms with E-state index in [1.165, 1.54) is 4.88 Å². The lowest BCUT2D eigenvalue weighted by molar-refractivity contribution is 0.469. The molecule has 1 aliphatic rings. The molecule has 4 heteroatoms. The van der Waals surface area contributed by atoms with Crippen LogP contribution in [-0.2, 0) is 0 Å². The van der Waals surface area contributed by atoms with E-state index in [0.29, 0.717) is 5.75 Å². The molecule has 0 saturated heterocycles. The second-order valence-electron chi connectivity index (χ2n) is 4.94. The summed E-state index contributed by atoms with van der Waals surface area (Å²) >= 11 is 1.73. The van der Waals surface area contributed by atoms with Gasteiger partial charge in [0, 0.05) is 16.9 Å². The third kappa shape index (κ3) is 2.24. The van der Waals surface area contributed by atoms with E-state index < -0.39 is 0 Å². The SMILES string of the molecule is Cc1cc(C)c(O)c(C2=NN[C@@H](c3cccs3)C2)c1. The molecule has 0 aliphatic carbocycles. The van der Waals surface area contributed by atoms with Crippen LogP contribution < -0.4 is 5.43 Å². The summed E-state index contributed by atoms with van der Waals surface area (Å²) in [5.74, 6) is 0.345. The lowest BCUT2D eigenvalue weighted by Crippen LogP contribution is -2.08. The summed E-state index contributed by atoms with van der Waals surface area (Å²) in [6.07, 6.45) is 0.816. The van der Waals surface area contributed by atoms with Gasteiger partial charge in [-0.25, -0.2) is 0 Å². The number of rotatable bonds is 2. The average molecular weight is 272 g/mol. The van der Waals surface area contributed by atoms with E-state index in [1.54, 1.807) is 11.3 Å². The molecule has 1 atom stereocenters. The maximum Gasteiger partial charge on any atom is 0.127 e. The number of nitrogens with zero attached hydrogens (tertiary/aromatic N) is 1. The molecule has 1 aliphatic heterocycles. The van der Waals surface area contributed by atoms with Gasteiger partial charge in [-0.15, -0.1) is 11.3 Å². The Hall–Kier alpha value is -1.81. The molecule has 1 aromatic heterocycles. The lowest BCUT2D eigenvalue weighted by atomic mass is 9.98. The van der Waals surface area contributed by atoms with E-state index in [1.807, 2.05) is 32.0 Å². The number of benzene rings is 1. The highest BCUT2D eigenvalue weighted by atomic mass is 32.1. The van der Waals surface area contributed by atoms with Crippen LogP contribution in [0, 0.1) is 13.8 Å². The van der Waals surface area contributed by atoms with Crippen LogP contribution >= 0.6 is 11.3 Å². The van der Waals surface area contributed by atoms with Crippen molar-refractivity contribution in [2.75, 3.05) is 0 Å². The number of hydrogen-bond acceptors (Lipinski definition) is 4. The van der Waals surface area contributed by atoms with Crippen LogP contribution in [-0.4, -0.2) is 10.8 Å². The van der Waals surface area contributed by atoms with Crippen molar-refractivity contribution in [1.29, 1.82) is 0 Å². The molecule has 0 fully saturated rings. The molecule has 0 bridgehead atoms. The van der Waals surface area contributed by atoms with E-state index in [-0.39, 0.29) is 6.04 Å². The average Bonchev–Trinajstić information content (AvgIpc) is 3.03. The van der Waals surface area contributed by atoms with E-state index in [0.717, 1.165) is 28.8 Å². The molecular weight excluding hydrogens is 256 g/mol. The molecule has 0 unspecified atom stereocenters. The fourth-order valence-electron chi connectivity index (χ4n) is 2.44. The van der Waals surface area contributed by atoms with Gasteiger partial charge < -0.3 is 10.5 Å². The Morgan fingerprint density at radius 2 is 2.21 bits per heavy atom. The first-order chi connectivity index (χ1) is 9.15. The van der Waals surface area contributed by atoms with Crippen LogP contribution in [0.2, 0.25) is 0 Å². The maximum absolute atomic E-state index is 10.2. The topological polar surface area (TPSA) is 44.6 Å². The number of thiophene rings is 1. The number of aromatic hydroxyl groups is 1. The first kappa shape index (κ1) is 12.2. The smallest absolute Gasteiger partial charge is 0.127 e. The number of phenols is 1. The Bertz CT molecular complexity index is 632. The zero-order valence-corrected chi connectivity index (χ0v) is 11.8. The summed E-state index contributed by atoms with van der Waals surface area (Å²) in [5, 5.41) is 16.7. The van der Waals surface area contributed by atoms with E-state index in [9.17, 15) is 5.11 Å². The fraction of sp³-hybridized carbons (Fsp3) is 0.267.